The minimum absolute atomic E-state index is 0.263. The van der Waals surface area contributed by atoms with Crippen molar-refractivity contribution in [1.82, 2.24) is 0 Å². The molecule has 3 rings (SSSR count). The van der Waals surface area contributed by atoms with Crippen LogP contribution in [0.3, 0.4) is 0 Å². The van der Waals surface area contributed by atoms with E-state index in [0.29, 0.717) is 24.0 Å². The number of carbonyl (C=O) groups excluding carboxylic acids is 4. The Labute approximate surface area is 177 Å². The Balaban J connectivity index is 1.84. The van der Waals surface area contributed by atoms with E-state index in [1.165, 1.54) is 12.2 Å². The van der Waals surface area contributed by atoms with Gasteiger partial charge in [0.1, 0.15) is 0 Å². The summed E-state index contributed by atoms with van der Waals surface area (Å²) in [4.78, 5) is 53.2. The summed E-state index contributed by atoms with van der Waals surface area (Å²) in [5, 5.41) is 0. The molecule has 0 unspecified atom stereocenters. The van der Waals surface area contributed by atoms with Gasteiger partial charge in [-0.3, -0.25) is 19.2 Å². The second kappa shape index (κ2) is 9.65. The molecule has 1 aromatic carbocycles. The van der Waals surface area contributed by atoms with Gasteiger partial charge in [0.15, 0.2) is 0 Å². The van der Waals surface area contributed by atoms with Crippen molar-refractivity contribution in [3.8, 4) is 0 Å². The predicted molar refractivity (Wildman–Crippen MR) is 116 cm³/mol. The van der Waals surface area contributed by atoms with Crippen LogP contribution < -0.4 is 9.80 Å². The highest BCUT2D eigenvalue weighted by Gasteiger charge is 2.38. The second-order valence-electron chi connectivity index (χ2n) is 7.70. The number of para-hydroxylation sites is 2. The van der Waals surface area contributed by atoms with E-state index in [4.69, 9.17) is 0 Å². The molecule has 0 spiro atoms. The van der Waals surface area contributed by atoms with E-state index in [0.717, 1.165) is 48.3 Å². The SMILES string of the molecule is CCCCCC1=CC(=O)N(c2ccccc2N2C(=O)C=C(CCCCC)C2=O)C1=O. The summed E-state index contributed by atoms with van der Waals surface area (Å²) in [7, 11) is 0. The molecule has 0 saturated carbocycles. The number of benzene rings is 1. The van der Waals surface area contributed by atoms with E-state index < -0.39 is 11.8 Å². The van der Waals surface area contributed by atoms with Gasteiger partial charge < -0.3 is 0 Å². The number of nitrogens with zero attached hydrogens (tertiary/aromatic N) is 2. The summed E-state index contributed by atoms with van der Waals surface area (Å²) in [5.41, 5.74) is 1.47. The standard InChI is InChI=1S/C24H28N2O4/c1-3-5-7-11-17-15-21(27)25(23(17)29)19-13-9-10-14-20(19)26-22(28)16-18(24(26)30)12-8-6-4-2/h9-10,13-16H,3-8,11-12H2,1-2H3. The summed E-state index contributed by atoms with van der Waals surface area (Å²) in [6.07, 6.45) is 9.52. The largest absolute Gasteiger partial charge is 0.269 e. The highest BCUT2D eigenvalue weighted by atomic mass is 16.2. The molecular weight excluding hydrogens is 380 g/mol. The number of anilines is 2. The monoisotopic (exact) mass is 408 g/mol. The van der Waals surface area contributed by atoms with Gasteiger partial charge in [0.2, 0.25) is 0 Å². The molecule has 2 aliphatic heterocycles. The third-order valence-electron chi connectivity index (χ3n) is 5.45. The van der Waals surface area contributed by atoms with Gasteiger partial charge in [0.25, 0.3) is 23.6 Å². The number of hydrogen-bond acceptors (Lipinski definition) is 4. The number of amides is 4. The Morgan fingerprint density at radius 3 is 1.40 bits per heavy atom. The van der Waals surface area contributed by atoms with Crippen LogP contribution in [0.1, 0.15) is 65.2 Å². The van der Waals surface area contributed by atoms with Gasteiger partial charge in [0, 0.05) is 23.3 Å². The first kappa shape index (κ1) is 21.7. The average molecular weight is 408 g/mol. The van der Waals surface area contributed by atoms with E-state index in [9.17, 15) is 19.2 Å². The lowest BCUT2D eigenvalue weighted by Gasteiger charge is -2.23. The molecule has 158 valence electrons. The maximum atomic E-state index is 12.9. The highest BCUT2D eigenvalue weighted by molar-refractivity contribution is 6.35. The van der Waals surface area contributed by atoms with Crippen LogP contribution in [0.25, 0.3) is 0 Å². The van der Waals surface area contributed by atoms with Crippen LogP contribution in [-0.4, -0.2) is 23.6 Å². The lowest BCUT2D eigenvalue weighted by Crippen LogP contribution is -2.36. The van der Waals surface area contributed by atoms with Crippen LogP contribution in [0.2, 0.25) is 0 Å². The summed E-state index contributed by atoms with van der Waals surface area (Å²) >= 11 is 0. The number of rotatable bonds is 10. The summed E-state index contributed by atoms with van der Waals surface area (Å²) in [6, 6.07) is 6.58. The van der Waals surface area contributed by atoms with Gasteiger partial charge in [0.05, 0.1) is 11.4 Å². The van der Waals surface area contributed by atoms with Crippen molar-refractivity contribution in [3.05, 3.63) is 47.6 Å². The fraction of sp³-hybridized carbons (Fsp3) is 0.417. The fourth-order valence-corrected chi connectivity index (χ4v) is 3.83. The van der Waals surface area contributed by atoms with Crippen molar-refractivity contribution < 1.29 is 19.2 Å². The first-order valence-electron chi connectivity index (χ1n) is 10.8. The quantitative estimate of drug-likeness (QED) is 0.423. The van der Waals surface area contributed by atoms with E-state index in [-0.39, 0.29) is 23.2 Å². The van der Waals surface area contributed by atoms with Gasteiger partial charge in [-0.2, -0.15) is 0 Å². The molecule has 0 fully saturated rings. The molecular formula is C24H28N2O4. The van der Waals surface area contributed by atoms with E-state index >= 15 is 0 Å². The molecule has 2 heterocycles. The van der Waals surface area contributed by atoms with Gasteiger partial charge in [-0.15, -0.1) is 0 Å². The molecule has 0 aliphatic carbocycles. The number of imide groups is 2. The zero-order chi connectivity index (χ0) is 21.7. The van der Waals surface area contributed by atoms with Crippen molar-refractivity contribution in [3.63, 3.8) is 0 Å². The summed E-state index contributed by atoms with van der Waals surface area (Å²) in [6.45, 7) is 4.15. The van der Waals surface area contributed by atoms with Crippen molar-refractivity contribution in [2.24, 2.45) is 0 Å². The van der Waals surface area contributed by atoms with Crippen LogP contribution in [-0.2, 0) is 19.2 Å². The molecule has 0 radical (unpaired) electrons. The zero-order valence-electron chi connectivity index (χ0n) is 17.6. The normalized spacial score (nSPS) is 16.6. The number of carbonyl (C=O) groups is 4. The van der Waals surface area contributed by atoms with E-state index in [2.05, 4.69) is 13.8 Å². The van der Waals surface area contributed by atoms with E-state index in [1.807, 2.05) is 0 Å². The minimum atomic E-state index is -0.436. The Morgan fingerprint density at radius 1 is 0.633 bits per heavy atom. The topological polar surface area (TPSA) is 74.8 Å². The van der Waals surface area contributed by atoms with Gasteiger partial charge in [-0.1, -0.05) is 51.7 Å². The Hall–Kier alpha value is -3.02. The molecule has 4 amide bonds. The smallest absolute Gasteiger partial charge is 0.261 e. The third-order valence-corrected chi connectivity index (χ3v) is 5.45. The van der Waals surface area contributed by atoms with Crippen LogP contribution >= 0.6 is 0 Å². The first-order chi connectivity index (χ1) is 14.5. The molecule has 30 heavy (non-hydrogen) atoms. The molecule has 1 aromatic rings. The molecule has 2 aliphatic rings. The minimum Gasteiger partial charge on any atom is -0.269 e. The molecule has 0 bridgehead atoms. The first-order valence-corrected chi connectivity index (χ1v) is 10.8. The molecule has 0 atom stereocenters. The van der Waals surface area contributed by atoms with Gasteiger partial charge in [-0.05, 0) is 37.8 Å². The van der Waals surface area contributed by atoms with Crippen molar-refractivity contribution in [2.45, 2.75) is 65.2 Å². The van der Waals surface area contributed by atoms with Crippen LogP contribution in [0.15, 0.2) is 47.6 Å². The second-order valence-corrected chi connectivity index (χ2v) is 7.70. The Bertz CT molecular complexity index is 854. The third kappa shape index (κ3) is 4.27. The van der Waals surface area contributed by atoms with Crippen molar-refractivity contribution >= 4 is 35.0 Å². The maximum absolute atomic E-state index is 12.9. The fourth-order valence-electron chi connectivity index (χ4n) is 3.83. The van der Waals surface area contributed by atoms with Crippen LogP contribution in [0, 0.1) is 0 Å². The Morgan fingerprint density at radius 2 is 1.03 bits per heavy atom. The molecule has 6 heteroatoms. The Kier molecular flexibility index (Phi) is 6.98. The van der Waals surface area contributed by atoms with Crippen molar-refractivity contribution in [1.29, 1.82) is 0 Å². The lowest BCUT2D eigenvalue weighted by atomic mass is 10.1. The van der Waals surface area contributed by atoms with E-state index in [1.54, 1.807) is 24.3 Å². The highest BCUT2D eigenvalue weighted by Crippen LogP contribution is 2.36. The van der Waals surface area contributed by atoms with Gasteiger partial charge in [-0.25, -0.2) is 9.80 Å². The van der Waals surface area contributed by atoms with Crippen molar-refractivity contribution in [2.75, 3.05) is 9.80 Å². The maximum Gasteiger partial charge on any atom is 0.261 e. The molecule has 0 aromatic heterocycles. The lowest BCUT2D eigenvalue weighted by molar-refractivity contribution is -0.122. The van der Waals surface area contributed by atoms with Crippen LogP contribution in [0.4, 0.5) is 11.4 Å². The predicted octanol–water partition coefficient (Wildman–Crippen LogP) is 4.45. The summed E-state index contributed by atoms with van der Waals surface area (Å²) < 4.78 is 0. The zero-order valence-corrected chi connectivity index (χ0v) is 17.6. The molecule has 0 saturated heterocycles. The number of unbranched alkanes of at least 4 members (excludes halogenated alkanes) is 4. The average Bonchev–Trinajstić information content (AvgIpc) is 3.17. The van der Waals surface area contributed by atoms with Gasteiger partial charge >= 0.3 is 0 Å². The molecule has 0 N–H and O–H groups in total. The molecule has 6 nitrogen and oxygen atoms in total. The summed E-state index contributed by atoms with van der Waals surface area (Å²) in [5.74, 6) is -1.62. The van der Waals surface area contributed by atoms with Crippen LogP contribution in [0.5, 0.6) is 0 Å². The number of hydrogen-bond donors (Lipinski definition) is 0.